The number of hydrogen-bond acceptors (Lipinski definition) is 5. The predicted octanol–water partition coefficient (Wildman–Crippen LogP) is 4.86. The molecule has 0 saturated heterocycles. The zero-order chi connectivity index (χ0) is 18.3. The Labute approximate surface area is 157 Å². The number of allylic oxidation sites excluding steroid dienone is 1. The van der Waals surface area contributed by atoms with Crippen LogP contribution in [0.2, 0.25) is 0 Å². The summed E-state index contributed by atoms with van der Waals surface area (Å²) in [6.45, 7) is 6.15. The number of amidine groups is 1. The second-order valence-corrected chi connectivity index (χ2v) is 7.38. The second-order valence-electron chi connectivity index (χ2n) is 6.37. The number of carbonyl (C=O) groups is 1. The zero-order valence-electron chi connectivity index (χ0n) is 15.0. The van der Waals surface area contributed by atoms with Gasteiger partial charge in [0.25, 0.3) is 0 Å². The van der Waals surface area contributed by atoms with E-state index in [9.17, 15) is 4.79 Å². The molecule has 0 spiro atoms. The number of thioether (sulfide) groups is 1. The van der Waals surface area contributed by atoms with E-state index in [0.717, 1.165) is 22.1 Å². The Kier molecular flexibility index (Phi) is 4.32. The fraction of sp³-hybridized carbons (Fsp3) is 0.238. The first-order valence-corrected chi connectivity index (χ1v) is 9.51. The minimum absolute atomic E-state index is 0.237. The summed E-state index contributed by atoms with van der Waals surface area (Å²) in [5.41, 5.74) is 4.68. The average molecular weight is 364 g/mol. The van der Waals surface area contributed by atoms with E-state index < -0.39 is 0 Å². The smallest absolute Gasteiger partial charge is 0.338 e. The van der Waals surface area contributed by atoms with E-state index in [1.807, 2.05) is 32.0 Å². The Bertz CT molecular complexity index is 934. The molecule has 2 aliphatic rings. The van der Waals surface area contributed by atoms with Crippen molar-refractivity contribution in [1.29, 1.82) is 0 Å². The maximum Gasteiger partial charge on any atom is 0.338 e. The van der Waals surface area contributed by atoms with E-state index in [-0.39, 0.29) is 12.0 Å². The second kappa shape index (κ2) is 6.65. The van der Waals surface area contributed by atoms with Crippen molar-refractivity contribution in [3.8, 4) is 0 Å². The average Bonchev–Trinajstić information content (AvgIpc) is 2.98. The summed E-state index contributed by atoms with van der Waals surface area (Å²) in [7, 11) is 0. The monoisotopic (exact) mass is 364 g/mol. The summed E-state index contributed by atoms with van der Waals surface area (Å²) in [4.78, 5) is 20.8. The van der Waals surface area contributed by atoms with Gasteiger partial charge in [-0.15, -0.1) is 0 Å². The number of anilines is 1. The van der Waals surface area contributed by atoms with Gasteiger partial charge in [0.2, 0.25) is 0 Å². The fourth-order valence-corrected chi connectivity index (χ4v) is 4.63. The minimum Gasteiger partial charge on any atom is -0.463 e. The van der Waals surface area contributed by atoms with E-state index in [2.05, 4.69) is 42.2 Å². The van der Waals surface area contributed by atoms with Crippen LogP contribution >= 0.6 is 11.8 Å². The molecule has 2 heterocycles. The molecule has 0 radical (unpaired) electrons. The molecule has 0 N–H and O–H groups in total. The number of aliphatic imine (C=N–C) groups is 1. The van der Waals surface area contributed by atoms with Crippen molar-refractivity contribution in [1.82, 2.24) is 0 Å². The quantitative estimate of drug-likeness (QED) is 0.730. The highest BCUT2D eigenvalue weighted by Gasteiger charge is 2.41. The highest BCUT2D eigenvalue weighted by molar-refractivity contribution is 8.14. The first-order valence-electron chi connectivity index (χ1n) is 8.69. The highest BCUT2D eigenvalue weighted by Crippen LogP contribution is 2.50. The van der Waals surface area contributed by atoms with Crippen LogP contribution in [0.3, 0.4) is 0 Å². The van der Waals surface area contributed by atoms with E-state index in [4.69, 9.17) is 9.73 Å². The molecule has 4 rings (SSSR count). The number of benzene rings is 2. The summed E-state index contributed by atoms with van der Waals surface area (Å²) in [6.07, 6.45) is 0. The molecule has 0 bridgehead atoms. The third kappa shape index (κ3) is 2.72. The highest BCUT2D eigenvalue weighted by atomic mass is 32.2. The lowest BCUT2D eigenvalue weighted by atomic mass is 9.94. The lowest BCUT2D eigenvalue weighted by Crippen LogP contribution is -2.37. The maximum absolute atomic E-state index is 12.8. The van der Waals surface area contributed by atoms with E-state index in [1.54, 1.807) is 11.8 Å². The normalized spacial score (nSPS) is 18.3. The first-order chi connectivity index (χ1) is 12.6. The Hall–Kier alpha value is -2.53. The molecule has 5 heteroatoms. The van der Waals surface area contributed by atoms with E-state index in [1.165, 1.54) is 10.5 Å². The van der Waals surface area contributed by atoms with Crippen molar-refractivity contribution in [2.75, 3.05) is 11.5 Å². The van der Waals surface area contributed by atoms with Crippen molar-refractivity contribution in [3.05, 3.63) is 70.9 Å². The molecule has 0 aliphatic carbocycles. The Morgan fingerprint density at radius 2 is 1.96 bits per heavy atom. The number of fused-ring (bicyclic) bond motifs is 3. The van der Waals surface area contributed by atoms with Crippen LogP contribution in [0.1, 0.15) is 31.0 Å². The number of nitrogens with zero attached hydrogens (tertiary/aromatic N) is 2. The number of esters is 1. The van der Waals surface area contributed by atoms with Gasteiger partial charge >= 0.3 is 5.97 Å². The first kappa shape index (κ1) is 16.9. The molecule has 1 unspecified atom stereocenters. The van der Waals surface area contributed by atoms with Crippen LogP contribution < -0.4 is 4.90 Å². The van der Waals surface area contributed by atoms with Crippen LogP contribution in [0.5, 0.6) is 0 Å². The summed E-state index contributed by atoms with van der Waals surface area (Å²) < 4.78 is 5.36. The molecule has 2 aromatic carbocycles. The third-order valence-corrected chi connectivity index (χ3v) is 5.60. The standard InChI is InChI=1S/C21H20N2O2S/c1-4-25-20(24)18-14(3)22-21-23(19(18)15-8-6-5-7-9-15)16-11-10-13(2)12-17(16)26-21/h5-12,19H,4H2,1-3H3. The van der Waals surface area contributed by atoms with Gasteiger partial charge in [-0.2, -0.15) is 0 Å². The van der Waals surface area contributed by atoms with Crippen LogP contribution in [0.4, 0.5) is 5.69 Å². The molecule has 132 valence electrons. The molecule has 26 heavy (non-hydrogen) atoms. The SMILES string of the molecule is CCOC(=O)C1=C(C)N=C2Sc3cc(C)ccc3N2C1c1ccccc1. The van der Waals surface area contributed by atoms with Crippen molar-refractivity contribution >= 4 is 28.6 Å². The van der Waals surface area contributed by atoms with Crippen LogP contribution in [0, 0.1) is 6.92 Å². The number of carbonyl (C=O) groups excluding carboxylic acids is 1. The van der Waals surface area contributed by atoms with Gasteiger partial charge in [0.15, 0.2) is 5.17 Å². The molecule has 1 atom stereocenters. The number of hydrogen-bond donors (Lipinski definition) is 0. The van der Waals surface area contributed by atoms with Gasteiger partial charge in [-0.1, -0.05) is 36.4 Å². The van der Waals surface area contributed by atoms with Gasteiger partial charge in [0.1, 0.15) is 0 Å². The van der Waals surface area contributed by atoms with Crippen molar-refractivity contribution in [2.45, 2.75) is 31.7 Å². The van der Waals surface area contributed by atoms with Crippen LogP contribution in [0.15, 0.2) is 69.7 Å². The molecule has 0 saturated carbocycles. The largest absolute Gasteiger partial charge is 0.463 e. The molecule has 0 amide bonds. The number of aryl methyl sites for hydroxylation is 1. The Balaban J connectivity index is 1.90. The third-order valence-electron chi connectivity index (χ3n) is 4.58. The number of ether oxygens (including phenoxy) is 1. The molecule has 0 aromatic heterocycles. The van der Waals surface area contributed by atoms with Gasteiger partial charge in [0.05, 0.1) is 29.6 Å². The topological polar surface area (TPSA) is 41.9 Å². The molecule has 2 aliphatic heterocycles. The van der Waals surface area contributed by atoms with Gasteiger partial charge in [-0.25, -0.2) is 9.79 Å². The van der Waals surface area contributed by atoms with Crippen LogP contribution in [-0.2, 0) is 9.53 Å². The van der Waals surface area contributed by atoms with Crippen molar-refractivity contribution in [2.24, 2.45) is 4.99 Å². The minimum atomic E-state index is -0.299. The van der Waals surface area contributed by atoms with Crippen LogP contribution in [-0.4, -0.2) is 17.7 Å². The lowest BCUT2D eigenvalue weighted by Gasteiger charge is -2.34. The predicted molar refractivity (Wildman–Crippen MR) is 105 cm³/mol. The molecular formula is C21H20N2O2S. The molecule has 0 fully saturated rings. The molecule has 2 aromatic rings. The number of rotatable bonds is 3. The van der Waals surface area contributed by atoms with Gasteiger partial charge < -0.3 is 9.64 Å². The van der Waals surface area contributed by atoms with Crippen molar-refractivity contribution in [3.63, 3.8) is 0 Å². The van der Waals surface area contributed by atoms with Crippen LogP contribution in [0.25, 0.3) is 0 Å². The maximum atomic E-state index is 12.8. The van der Waals surface area contributed by atoms with Crippen molar-refractivity contribution < 1.29 is 9.53 Å². The molecular weight excluding hydrogens is 344 g/mol. The summed E-state index contributed by atoms with van der Waals surface area (Å²) in [5.74, 6) is -0.299. The van der Waals surface area contributed by atoms with Gasteiger partial charge in [0, 0.05) is 4.90 Å². The van der Waals surface area contributed by atoms with Gasteiger partial charge in [-0.3, -0.25) is 0 Å². The lowest BCUT2D eigenvalue weighted by molar-refractivity contribution is -0.138. The van der Waals surface area contributed by atoms with Gasteiger partial charge in [-0.05, 0) is 55.8 Å². The zero-order valence-corrected chi connectivity index (χ0v) is 15.8. The Morgan fingerprint density at radius 3 is 2.69 bits per heavy atom. The van der Waals surface area contributed by atoms with E-state index in [0.29, 0.717) is 12.2 Å². The fourth-order valence-electron chi connectivity index (χ4n) is 3.43. The summed E-state index contributed by atoms with van der Waals surface area (Å²) >= 11 is 1.65. The summed E-state index contributed by atoms with van der Waals surface area (Å²) in [6, 6.07) is 16.2. The Morgan fingerprint density at radius 1 is 1.19 bits per heavy atom. The van der Waals surface area contributed by atoms with E-state index >= 15 is 0 Å². The summed E-state index contributed by atoms with van der Waals surface area (Å²) in [5, 5.41) is 0.907. The molecule has 4 nitrogen and oxygen atoms in total.